The van der Waals surface area contributed by atoms with E-state index in [-0.39, 0.29) is 12.4 Å². The van der Waals surface area contributed by atoms with Gasteiger partial charge in [0.2, 0.25) is 0 Å². The van der Waals surface area contributed by atoms with Gasteiger partial charge in [-0.3, -0.25) is 9.80 Å². The van der Waals surface area contributed by atoms with Gasteiger partial charge in [0.1, 0.15) is 24.2 Å². The number of benzene rings is 3. The zero-order valence-corrected chi connectivity index (χ0v) is 18.2. The summed E-state index contributed by atoms with van der Waals surface area (Å²) in [5.74, 6) is 1.02. The molecule has 0 aromatic heterocycles. The number of aliphatic hydroxyl groups excluding tert-OH is 1. The van der Waals surface area contributed by atoms with E-state index in [1.54, 1.807) is 12.1 Å². The van der Waals surface area contributed by atoms with Crippen LogP contribution in [0.25, 0.3) is 21.9 Å². The minimum atomic E-state index is -0.510. The Morgan fingerprint density at radius 1 is 0.938 bits per heavy atom. The first-order chi connectivity index (χ1) is 15.6. The van der Waals surface area contributed by atoms with Crippen LogP contribution in [0.15, 0.2) is 60.7 Å². The molecule has 2 saturated heterocycles. The van der Waals surface area contributed by atoms with Gasteiger partial charge in [-0.05, 0) is 52.2 Å². The van der Waals surface area contributed by atoms with Crippen molar-refractivity contribution in [2.45, 2.75) is 12.1 Å². The monoisotopic (exact) mass is 434 g/mol. The first kappa shape index (κ1) is 21.2. The Kier molecular flexibility index (Phi) is 6.28. The minimum absolute atomic E-state index is 0.264. The summed E-state index contributed by atoms with van der Waals surface area (Å²) in [7, 11) is 0. The standard InChI is InChI=1S/C26H30N2O4/c29-24-3-1-2-19(13-24)20-4-5-22-14-26(7-6-21(22)12-20)32-18-25(30)17-27-15-23(16-27)28-8-10-31-11-9-28/h1-7,12-14,23,25,29-30H,8-11,15-18H2. The molecule has 2 N–H and O–H groups in total. The molecule has 6 nitrogen and oxygen atoms in total. The molecule has 3 aromatic rings. The molecule has 0 amide bonds. The van der Waals surface area contributed by atoms with Gasteiger partial charge >= 0.3 is 0 Å². The predicted octanol–water partition coefficient (Wildman–Crippen LogP) is 2.97. The molecule has 2 heterocycles. The molecular weight excluding hydrogens is 404 g/mol. The molecular formula is C26H30N2O4. The maximum Gasteiger partial charge on any atom is 0.120 e. The van der Waals surface area contributed by atoms with E-state index in [0.717, 1.165) is 67.0 Å². The summed E-state index contributed by atoms with van der Waals surface area (Å²) in [5.41, 5.74) is 2.04. The number of hydrogen-bond acceptors (Lipinski definition) is 6. The van der Waals surface area contributed by atoms with Crippen molar-refractivity contribution in [3.05, 3.63) is 60.7 Å². The van der Waals surface area contributed by atoms with Gasteiger partial charge in [-0.25, -0.2) is 0 Å². The first-order valence-corrected chi connectivity index (χ1v) is 11.3. The number of fused-ring (bicyclic) bond motifs is 1. The highest BCUT2D eigenvalue weighted by atomic mass is 16.5. The van der Waals surface area contributed by atoms with Crippen LogP contribution in [0.1, 0.15) is 0 Å². The van der Waals surface area contributed by atoms with E-state index < -0.39 is 6.10 Å². The number of phenolic OH excluding ortho intramolecular Hbond substituents is 1. The Labute approximate surface area is 188 Å². The van der Waals surface area contributed by atoms with Crippen molar-refractivity contribution in [1.82, 2.24) is 9.80 Å². The Morgan fingerprint density at radius 2 is 1.69 bits per heavy atom. The van der Waals surface area contributed by atoms with Crippen LogP contribution >= 0.6 is 0 Å². The van der Waals surface area contributed by atoms with Crippen molar-refractivity contribution in [1.29, 1.82) is 0 Å². The summed E-state index contributed by atoms with van der Waals surface area (Å²) in [6, 6.07) is 20.1. The highest BCUT2D eigenvalue weighted by molar-refractivity contribution is 5.88. The van der Waals surface area contributed by atoms with Crippen molar-refractivity contribution in [3.8, 4) is 22.6 Å². The molecule has 2 aliphatic heterocycles. The SMILES string of the molecule is Oc1cccc(-c2ccc3cc(OCC(O)CN4CC(N5CCOCC5)C4)ccc3c2)c1. The van der Waals surface area contributed by atoms with E-state index in [1.165, 1.54) is 0 Å². The Balaban J connectivity index is 1.13. The lowest BCUT2D eigenvalue weighted by molar-refractivity contribution is -0.0461. The fourth-order valence-corrected chi connectivity index (χ4v) is 4.59. The molecule has 0 saturated carbocycles. The molecule has 0 bridgehead atoms. The average molecular weight is 435 g/mol. The van der Waals surface area contributed by atoms with Crippen molar-refractivity contribution >= 4 is 10.8 Å². The summed E-state index contributed by atoms with van der Waals surface area (Å²) in [6.07, 6.45) is -0.510. The number of morpholine rings is 1. The molecule has 1 atom stereocenters. The lowest BCUT2D eigenvalue weighted by atomic mass is 10.0. The fraction of sp³-hybridized carbons (Fsp3) is 0.385. The number of β-amino-alcohol motifs (C(OH)–C–C–N with tert-alkyl or cyclic N) is 1. The molecule has 168 valence electrons. The van der Waals surface area contributed by atoms with Crippen LogP contribution < -0.4 is 4.74 Å². The molecule has 32 heavy (non-hydrogen) atoms. The third-order valence-corrected chi connectivity index (χ3v) is 6.40. The molecule has 0 aliphatic carbocycles. The van der Waals surface area contributed by atoms with Crippen molar-refractivity contribution in [2.75, 3.05) is 52.5 Å². The van der Waals surface area contributed by atoms with Crippen LogP contribution in [0.4, 0.5) is 0 Å². The number of aliphatic hydroxyl groups is 1. The van der Waals surface area contributed by atoms with Crippen LogP contribution in [0.3, 0.4) is 0 Å². The zero-order chi connectivity index (χ0) is 21.9. The number of hydrogen-bond donors (Lipinski definition) is 2. The van der Waals surface area contributed by atoms with Crippen LogP contribution in [-0.2, 0) is 4.74 Å². The van der Waals surface area contributed by atoms with Gasteiger partial charge in [0.15, 0.2) is 0 Å². The van der Waals surface area contributed by atoms with Crippen molar-refractivity contribution in [3.63, 3.8) is 0 Å². The van der Waals surface area contributed by atoms with Crippen LogP contribution in [0, 0.1) is 0 Å². The normalized spacial score (nSPS) is 19.0. The quantitative estimate of drug-likeness (QED) is 0.596. The predicted molar refractivity (Wildman–Crippen MR) is 125 cm³/mol. The van der Waals surface area contributed by atoms with Crippen LogP contribution in [0.2, 0.25) is 0 Å². The molecule has 5 rings (SSSR count). The second kappa shape index (κ2) is 9.46. The van der Waals surface area contributed by atoms with Gasteiger partial charge in [0.25, 0.3) is 0 Å². The second-order valence-corrected chi connectivity index (χ2v) is 8.76. The summed E-state index contributed by atoms with van der Waals surface area (Å²) < 4.78 is 11.3. The van der Waals surface area contributed by atoms with E-state index in [0.29, 0.717) is 12.6 Å². The average Bonchev–Trinajstić information content (AvgIpc) is 2.80. The third kappa shape index (κ3) is 4.89. The molecule has 2 fully saturated rings. The van der Waals surface area contributed by atoms with Gasteiger partial charge in [0.05, 0.1) is 13.2 Å². The van der Waals surface area contributed by atoms with E-state index in [2.05, 4.69) is 21.9 Å². The summed E-state index contributed by atoms with van der Waals surface area (Å²) in [4.78, 5) is 4.78. The van der Waals surface area contributed by atoms with Gasteiger partial charge in [-0.1, -0.05) is 30.3 Å². The van der Waals surface area contributed by atoms with Gasteiger partial charge in [-0.2, -0.15) is 0 Å². The molecule has 3 aromatic carbocycles. The number of nitrogens with zero attached hydrogens (tertiary/aromatic N) is 2. The lowest BCUT2D eigenvalue weighted by Crippen LogP contribution is -2.62. The number of rotatable bonds is 7. The maximum atomic E-state index is 10.4. The fourth-order valence-electron chi connectivity index (χ4n) is 4.59. The first-order valence-electron chi connectivity index (χ1n) is 11.3. The van der Waals surface area contributed by atoms with E-state index >= 15 is 0 Å². The smallest absolute Gasteiger partial charge is 0.120 e. The van der Waals surface area contributed by atoms with Gasteiger partial charge in [-0.15, -0.1) is 0 Å². The van der Waals surface area contributed by atoms with Crippen molar-refractivity contribution < 1.29 is 19.7 Å². The van der Waals surface area contributed by atoms with E-state index in [9.17, 15) is 10.2 Å². The molecule has 2 aliphatic rings. The molecule has 1 unspecified atom stereocenters. The Morgan fingerprint density at radius 3 is 2.50 bits per heavy atom. The summed E-state index contributed by atoms with van der Waals surface area (Å²) in [5, 5.41) is 22.3. The molecule has 6 heteroatoms. The Hall–Kier alpha value is -2.64. The number of phenols is 1. The number of likely N-dealkylation sites (tertiary alicyclic amines) is 1. The highest BCUT2D eigenvalue weighted by Gasteiger charge is 2.33. The summed E-state index contributed by atoms with van der Waals surface area (Å²) >= 11 is 0. The lowest BCUT2D eigenvalue weighted by Gasteiger charge is -2.47. The molecule has 0 radical (unpaired) electrons. The van der Waals surface area contributed by atoms with Crippen LogP contribution in [0.5, 0.6) is 11.5 Å². The maximum absolute atomic E-state index is 10.4. The Bertz CT molecular complexity index is 1060. The minimum Gasteiger partial charge on any atom is -0.508 e. The highest BCUT2D eigenvalue weighted by Crippen LogP contribution is 2.28. The second-order valence-electron chi connectivity index (χ2n) is 8.76. The van der Waals surface area contributed by atoms with E-state index in [4.69, 9.17) is 9.47 Å². The topological polar surface area (TPSA) is 65.4 Å². The number of aromatic hydroxyl groups is 1. The molecule has 0 spiro atoms. The van der Waals surface area contributed by atoms with E-state index in [1.807, 2.05) is 36.4 Å². The number of ether oxygens (including phenoxy) is 2. The largest absolute Gasteiger partial charge is 0.508 e. The van der Waals surface area contributed by atoms with Gasteiger partial charge in [0, 0.05) is 38.8 Å². The van der Waals surface area contributed by atoms with Gasteiger partial charge < -0.3 is 19.7 Å². The zero-order valence-electron chi connectivity index (χ0n) is 18.2. The van der Waals surface area contributed by atoms with Crippen molar-refractivity contribution in [2.24, 2.45) is 0 Å². The summed E-state index contributed by atoms with van der Waals surface area (Å²) in [6.45, 7) is 6.63. The van der Waals surface area contributed by atoms with Crippen LogP contribution in [-0.4, -0.2) is 84.7 Å². The third-order valence-electron chi connectivity index (χ3n) is 6.40.